The number of rotatable bonds is 2. The molecule has 3 heterocycles. The average Bonchev–Trinajstić information content (AvgIpc) is 3.27. The molecular weight excluding hydrogens is 414 g/mol. The van der Waals surface area contributed by atoms with Crippen molar-refractivity contribution in [3.63, 3.8) is 0 Å². The van der Waals surface area contributed by atoms with Gasteiger partial charge in [-0.25, -0.2) is 4.98 Å². The predicted octanol–water partition coefficient (Wildman–Crippen LogP) is 7.83. The normalized spacial score (nSPS) is 11.7. The first-order chi connectivity index (χ1) is 16.7. The molecule has 0 aliphatic heterocycles. The number of pyridine rings is 1. The van der Waals surface area contributed by atoms with Crippen LogP contribution in [0.3, 0.4) is 0 Å². The van der Waals surface area contributed by atoms with Crippen LogP contribution in [0.15, 0.2) is 109 Å². The number of benzene rings is 4. The highest BCUT2D eigenvalue weighted by Crippen LogP contribution is 2.34. The highest BCUT2D eigenvalue weighted by Gasteiger charge is 2.14. The van der Waals surface area contributed by atoms with Gasteiger partial charge in [0.15, 0.2) is 0 Å². The van der Waals surface area contributed by atoms with E-state index in [1.165, 1.54) is 27.6 Å². The van der Waals surface area contributed by atoms with Crippen molar-refractivity contribution < 1.29 is 0 Å². The maximum Gasteiger partial charge on any atom is 0.0951 e. The highest BCUT2D eigenvalue weighted by molar-refractivity contribution is 5.99. The van der Waals surface area contributed by atoms with E-state index in [0.717, 1.165) is 38.7 Å². The molecule has 4 aromatic carbocycles. The van der Waals surface area contributed by atoms with Crippen LogP contribution in [0.2, 0.25) is 0 Å². The Kier molecular flexibility index (Phi) is 4.06. The largest absolute Gasteiger partial charge is 0.306 e. The lowest BCUT2D eigenvalue weighted by atomic mass is 9.99. The number of aromatic nitrogens is 3. The van der Waals surface area contributed by atoms with Crippen LogP contribution in [0.5, 0.6) is 0 Å². The molecule has 7 rings (SSSR count). The summed E-state index contributed by atoms with van der Waals surface area (Å²) in [5.41, 5.74) is 11.2. The summed E-state index contributed by atoms with van der Waals surface area (Å²) in [7, 11) is 0. The zero-order valence-corrected chi connectivity index (χ0v) is 18.7. The molecule has 0 bridgehead atoms. The van der Waals surface area contributed by atoms with Gasteiger partial charge in [0.2, 0.25) is 0 Å². The first-order valence-electron chi connectivity index (χ1n) is 11.5. The van der Waals surface area contributed by atoms with Crippen molar-refractivity contribution in [2.24, 2.45) is 0 Å². The molecule has 0 atom stereocenters. The van der Waals surface area contributed by atoms with Crippen LogP contribution in [-0.4, -0.2) is 14.4 Å². The summed E-state index contributed by atoms with van der Waals surface area (Å²) in [6, 6.07) is 36.5. The third-order valence-electron chi connectivity index (χ3n) is 6.63. The van der Waals surface area contributed by atoms with Crippen molar-refractivity contribution in [3.05, 3.63) is 115 Å². The lowest BCUT2D eigenvalue weighted by Gasteiger charge is -2.11. The second-order valence-electron chi connectivity index (χ2n) is 8.87. The van der Waals surface area contributed by atoms with Crippen LogP contribution >= 0.6 is 0 Å². The van der Waals surface area contributed by atoms with Crippen LogP contribution in [0.1, 0.15) is 5.56 Å². The SMILES string of the molecule is Cc1ccc2c(c1)cc1c(-c3cccc(-c4ccc5ncccc5c4)c3)nc3ccccc3n12. The van der Waals surface area contributed by atoms with E-state index in [0.29, 0.717) is 0 Å². The molecule has 0 spiro atoms. The van der Waals surface area contributed by atoms with Crippen molar-refractivity contribution in [1.29, 1.82) is 0 Å². The van der Waals surface area contributed by atoms with E-state index >= 15 is 0 Å². The van der Waals surface area contributed by atoms with Crippen molar-refractivity contribution in [3.8, 4) is 22.4 Å². The van der Waals surface area contributed by atoms with Crippen LogP contribution in [0, 0.1) is 6.92 Å². The molecule has 3 nitrogen and oxygen atoms in total. The van der Waals surface area contributed by atoms with Crippen molar-refractivity contribution in [2.75, 3.05) is 0 Å². The first kappa shape index (κ1) is 19.0. The van der Waals surface area contributed by atoms with E-state index in [9.17, 15) is 0 Å². The quantitative estimate of drug-likeness (QED) is 0.277. The maximum atomic E-state index is 5.15. The van der Waals surface area contributed by atoms with E-state index in [2.05, 4.69) is 113 Å². The van der Waals surface area contributed by atoms with E-state index in [1.807, 2.05) is 12.3 Å². The number of hydrogen-bond donors (Lipinski definition) is 0. The van der Waals surface area contributed by atoms with Gasteiger partial charge in [-0.3, -0.25) is 4.98 Å². The molecule has 0 aliphatic rings. The molecule has 0 unspecified atom stereocenters. The van der Waals surface area contributed by atoms with E-state index < -0.39 is 0 Å². The molecule has 0 radical (unpaired) electrons. The molecule has 3 heteroatoms. The van der Waals surface area contributed by atoms with Crippen LogP contribution in [-0.2, 0) is 0 Å². The fraction of sp³-hybridized carbons (Fsp3) is 0.0323. The number of nitrogens with zero attached hydrogens (tertiary/aromatic N) is 3. The molecule has 0 saturated carbocycles. The molecule has 0 fully saturated rings. The minimum absolute atomic E-state index is 0.991. The smallest absolute Gasteiger partial charge is 0.0951 e. The van der Waals surface area contributed by atoms with Crippen molar-refractivity contribution in [2.45, 2.75) is 6.92 Å². The van der Waals surface area contributed by atoms with E-state index in [4.69, 9.17) is 4.98 Å². The Hall–Kier alpha value is -4.50. The fourth-order valence-corrected chi connectivity index (χ4v) is 5.01. The average molecular weight is 436 g/mol. The van der Waals surface area contributed by atoms with Gasteiger partial charge in [0.25, 0.3) is 0 Å². The third-order valence-corrected chi connectivity index (χ3v) is 6.63. The summed E-state index contributed by atoms with van der Waals surface area (Å²) in [5.74, 6) is 0. The maximum absolute atomic E-state index is 5.15. The van der Waals surface area contributed by atoms with E-state index in [1.54, 1.807) is 0 Å². The predicted molar refractivity (Wildman–Crippen MR) is 141 cm³/mol. The molecule has 3 aromatic heterocycles. The number of para-hydroxylation sites is 2. The Morgan fingerprint density at radius 3 is 2.41 bits per heavy atom. The Morgan fingerprint density at radius 2 is 1.44 bits per heavy atom. The van der Waals surface area contributed by atoms with Gasteiger partial charge < -0.3 is 4.40 Å². The van der Waals surface area contributed by atoms with Crippen LogP contribution in [0.4, 0.5) is 0 Å². The van der Waals surface area contributed by atoms with Gasteiger partial charge in [-0.15, -0.1) is 0 Å². The topological polar surface area (TPSA) is 30.2 Å². The summed E-state index contributed by atoms with van der Waals surface area (Å²) in [6.07, 6.45) is 1.84. The van der Waals surface area contributed by atoms with Crippen molar-refractivity contribution in [1.82, 2.24) is 14.4 Å². The van der Waals surface area contributed by atoms with Gasteiger partial charge in [0, 0.05) is 22.5 Å². The van der Waals surface area contributed by atoms with Gasteiger partial charge in [-0.1, -0.05) is 54.1 Å². The minimum atomic E-state index is 0.991. The standard InChI is InChI=1S/C31H21N3/c1-20-11-14-28-25(16-20)19-30-31(33-27-9-2-3-10-29(27)34(28)30)24-7-4-6-21(18-24)22-12-13-26-23(17-22)8-5-15-32-26/h2-19H,1H3. The highest BCUT2D eigenvalue weighted by atomic mass is 14.9. The van der Waals surface area contributed by atoms with Crippen LogP contribution in [0.25, 0.3) is 60.7 Å². The lowest BCUT2D eigenvalue weighted by Crippen LogP contribution is -1.95. The fourth-order valence-electron chi connectivity index (χ4n) is 5.01. The molecule has 7 aromatic rings. The Balaban J connectivity index is 1.49. The molecular formula is C31H21N3. The second-order valence-corrected chi connectivity index (χ2v) is 8.87. The number of fused-ring (bicyclic) bond motifs is 6. The summed E-state index contributed by atoms with van der Waals surface area (Å²) < 4.78 is 2.35. The second kappa shape index (κ2) is 7.26. The summed E-state index contributed by atoms with van der Waals surface area (Å²) in [6.45, 7) is 2.14. The monoisotopic (exact) mass is 435 g/mol. The Morgan fingerprint density at radius 1 is 0.559 bits per heavy atom. The molecule has 160 valence electrons. The number of aryl methyl sites for hydroxylation is 1. The molecule has 0 saturated heterocycles. The first-order valence-corrected chi connectivity index (χ1v) is 11.5. The van der Waals surface area contributed by atoms with E-state index in [-0.39, 0.29) is 0 Å². The van der Waals surface area contributed by atoms with Crippen molar-refractivity contribution >= 4 is 38.4 Å². The Bertz CT molecular complexity index is 1880. The van der Waals surface area contributed by atoms with Gasteiger partial charge in [0.1, 0.15) is 0 Å². The summed E-state index contributed by atoms with van der Waals surface area (Å²) >= 11 is 0. The minimum Gasteiger partial charge on any atom is -0.306 e. The van der Waals surface area contributed by atoms with Gasteiger partial charge >= 0.3 is 0 Å². The molecule has 0 N–H and O–H groups in total. The Labute approximate surface area is 197 Å². The van der Waals surface area contributed by atoms with Gasteiger partial charge in [-0.05, 0) is 72.6 Å². The summed E-state index contributed by atoms with van der Waals surface area (Å²) in [5, 5.41) is 2.38. The number of hydrogen-bond acceptors (Lipinski definition) is 2. The molecule has 34 heavy (non-hydrogen) atoms. The molecule has 0 amide bonds. The summed E-state index contributed by atoms with van der Waals surface area (Å²) in [4.78, 5) is 9.60. The van der Waals surface area contributed by atoms with Gasteiger partial charge in [0.05, 0.1) is 33.3 Å². The lowest BCUT2D eigenvalue weighted by molar-refractivity contribution is 1.27. The zero-order valence-electron chi connectivity index (χ0n) is 18.7. The third kappa shape index (κ3) is 2.91. The van der Waals surface area contributed by atoms with Crippen LogP contribution < -0.4 is 0 Å². The van der Waals surface area contributed by atoms with Gasteiger partial charge in [-0.2, -0.15) is 0 Å². The molecule has 0 aliphatic carbocycles. The zero-order chi connectivity index (χ0) is 22.6.